The number of urea groups is 1. The molecule has 0 radical (unpaired) electrons. The number of carbonyl (C=O) groups excluding carboxylic acids is 2. The van der Waals surface area contributed by atoms with Crippen molar-refractivity contribution in [2.75, 3.05) is 11.9 Å². The molecule has 4 N–H and O–H groups in total. The van der Waals surface area contributed by atoms with Crippen LogP contribution < -0.4 is 20.7 Å². The zero-order chi connectivity index (χ0) is 24.5. The van der Waals surface area contributed by atoms with Gasteiger partial charge in [0.1, 0.15) is 5.75 Å². The number of hydrogen-bond acceptors (Lipinski definition) is 5. The molecule has 3 rings (SSSR count). The predicted octanol–water partition coefficient (Wildman–Crippen LogP) is 4.24. The second kappa shape index (κ2) is 12.0. The molecule has 180 valence electrons. The van der Waals surface area contributed by atoms with Crippen LogP contribution in [-0.4, -0.2) is 39.4 Å². The summed E-state index contributed by atoms with van der Waals surface area (Å²) >= 11 is 5.35. The van der Waals surface area contributed by atoms with Crippen molar-refractivity contribution >= 4 is 29.8 Å². The van der Waals surface area contributed by atoms with E-state index in [0.29, 0.717) is 36.0 Å². The first kappa shape index (κ1) is 25.0. The van der Waals surface area contributed by atoms with E-state index in [1.807, 2.05) is 61.7 Å². The average Bonchev–Trinajstić information content (AvgIpc) is 3.17. The van der Waals surface area contributed by atoms with Gasteiger partial charge in [-0.25, -0.2) is 4.79 Å². The number of carbonyl (C=O) groups is 2. The van der Waals surface area contributed by atoms with E-state index in [1.54, 1.807) is 12.1 Å². The van der Waals surface area contributed by atoms with Crippen LogP contribution in [0.5, 0.6) is 5.75 Å². The molecular weight excluding hydrogens is 452 g/mol. The number of aromatic amines is 1. The Balaban J connectivity index is 1.51. The highest BCUT2D eigenvalue weighted by molar-refractivity contribution is 7.71. The fourth-order valence-corrected chi connectivity index (χ4v) is 3.47. The van der Waals surface area contributed by atoms with E-state index in [9.17, 15) is 9.59 Å². The number of aromatic nitrogens is 3. The Morgan fingerprint density at radius 3 is 2.47 bits per heavy atom. The molecule has 0 unspecified atom stereocenters. The molecule has 34 heavy (non-hydrogen) atoms. The molecule has 0 atom stereocenters. The number of anilines is 1. The summed E-state index contributed by atoms with van der Waals surface area (Å²) in [4.78, 5) is 24.2. The van der Waals surface area contributed by atoms with Crippen LogP contribution in [0.4, 0.5) is 10.5 Å². The number of ether oxygens (including phenoxy) is 1. The van der Waals surface area contributed by atoms with E-state index >= 15 is 0 Å². The maximum absolute atomic E-state index is 12.4. The van der Waals surface area contributed by atoms with E-state index in [4.69, 9.17) is 17.0 Å². The molecule has 3 aromatic rings. The van der Waals surface area contributed by atoms with Crippen LogP contribution >= 0.6 is 12.2 Å². The third kappa shape index (κ3) is 7.17. The third-order valence-electron chi connectivity index (χ3n) is 4.87. The fourth-order valence-electron chi connectivity index (χ4n) is 3.25. The Morgan fingerprint density at radius 1 is 1.12 bits per heavy atom. The summed E-state index contributed by atoms with van der Waals surface area (Å²) in [7, 11) is 0. The monoisotopic (exact) mass is 482 g/mol. The molecule has 0 spiro atoms. The lowest BCUT2D eigenvalue weighted by molar-refractivity contribution is -0.121. The van der Waals surface area contributed by atoms with Gasteiger partial charge in [0.15, 0.2) is 10.6 Å². The minimum absolute atomic E-state index is 0.0588. The molecule has 3 amide bonds. The van der Waals surface area contributed by atoms with Gasteiger partial charge in [-0.1, -0.05) is 12.1 Å². The summed E-state index contributed by atoms with van der Waals surface area (Å²) in [5.41, 5.74) is 2.49. The van der Waals surface area contributed by atoms with Crippen LogP contribution in [-0.2, 0) is 17.9 Å². The van der Waals surface area contributed by atoms with Crippen molar-refractivity contribution in [3.8, 4) is 17.1 Å². The Kier molecular flexibility index (Phi) is 8.80. The number of nitrogens with zero attached hydrogens (tertiary/aromatic N) is 2. The lowest BCUT2D eigenvalue weighted by Crippen LogP contribution is -2.34. The normalized spacial score (nSPS) is 10.7. The molecule has 9 nitrogen and oxygen atoms in total. The van der Waals surface area contributed by atoms with Crippen LogP contribution in [0.15, 0.2) is 48.5 Å². The molecule has 0 fully saturated rings. The molecule has 0 aliphatic heterocycles. The standard InChI is InChI=1S/C24H30N6O3S/c1-4-33-20-11-7-18(8-12-20)22-28-29-24(34)30(22)14-13-21(31)25-15-17-5-9-19(10-6-17)27-23(32)26-16(2)3/h5-12,16H,4,13-15H2,1-3H3,(H,25,31)(H,29,34)(H2,26,27,32). The molecule has 1 heterocycles. The van der Waals surface area contributed by atoms with Crippen molar-refractivity contribution < 1.29 is 14.3 Å². The second-order valence-electron chi connectivity index (χ2n) is 7.94. The third-order valence-corrected chi connectivity index (χ3v) is 5.18. The summed E-state index contributed by atoms with van der Waals surface area (Å²) < 4.78 is 7.75. The minimum atomic E-state index is -0.251. The lowest BCUT2D eigenvalue weighted by Gasteiger charge is -2.11. The van der Waals surface area contributed by atoms with Crippen molar-refractivity contribution in [1.29, 1.82) is 0 Å². The smallest absolute Gasteiger partial charge is 0.319 e. The molecule has 0 aliphatic rings. The van der Waals surface area contributed by atoms with Gasteiger partial charge in [0.2, 0.25) is 5.91 Å². The van der Waals surface area contributed by atoms with Gasteiger partial charge in [-0.2, -0.15) is 5.10 Å². The topological polar surface area (TPSA) is 113 Å². The van der Waals surface area contributed by atoms with Gasteiger partial charge in [0.05, 0.1) is 6.61 Å². The highest BCUT2D eigenvalue weighted by atomic mass is 32.1. The van der Waals surface area contributed by atoms with E-state index in [-0.39, 0.29) is 24.4 Å². The van der Waals surface area contributed by atoms with Crippen LogP contribution in [0, 0.1) is 4.77 Å². The van der Waals surface area contributed by atoms with Crippen molar-refractivity contribution in [3.63, 3.8) is 0 Å². The summed E-state index contributed by atoms with van der Waals surface area (Å²) in [6, 6.07) is 14.7. The highest BCUT2D eigenvalue weighted by Gasteiger charge is 2.11. The van der Waals surface area contributed by atoms with Gasteiger partial charge in [-0.3, -0.25) is 14.5 Å². The van der Waals surface area contributed by atoms with E-state index in [0.717, 1.165) is 16.9 Å². The summed E-state index contributed by atoms with van der Waals surface area (Å²) in [5.74, 6) is 1.36. The van der Waals surface area contributed by atoms with Gasteiger partial charge in [-0.15, -0.1) is 0 Å². The quantitative estimate of drug-likeness (QED) is 0.323. The van der Waals surface area contributed by atoms with Gasteiger partial charge in [-0.05, 0) is 75.0 Å². The lowest BCUT2D eigenvalue weighted by atomic mass is 10.2. The summed E-state index contributed by atoms with van der Waals surface area (Å²) in [5, 5.41) is 15.6. The number of rotatable bonds is 10. The molecular formula is C24H30N6O3S. The summed E-state index contributed by atoms with van der Waals surface area (Å²) in [6.07, 6.45) is 0.257. The van der Waals surface area contributed by atoms with Crippen molar-refractivity contribution in [2.45, 2.75) is 46.3 Å². The molecule has 0 saturated carbocycles. The minimum Gasteiger partial charge on any atom is -0.494 e. The van der Waals surface area contributed by atoms with Crippen molar-refractivity contribution in [2.24, 2.45) is 0 Å². The van der Waals surface area contributed by atoms with Crippen molar-refractivity contribution in [3.05, 3.63) is 58.9 Å². The number of amides is 3. The molecule has 0 aliphatic carbocycles. The zero-order valence-electron chi connectivity index (χ0n) is 19.6. The van der Waals surface area contributed by atoms with E-state index in [1.165, 1.54) is 0 Å². The first-order chi connectivity index (χ1) is 16.4. The number of nitrogens with one attached hydrogen (secondary N) is 4. The van der Waals surface area contributed by atoms with E-state index in [2.05, 4.69) is 26.1 Å². The average molecular weight is 483 g/mol. The number of hydrogen-bond donors (Lipinski definition) is 4. The second-order valence-corrected chi connectivity index (χ2v) is 8.32. The largest absolute Gasteiger partial charge is 0.494 e. The number of benzene rings is 2. The van der Waals surface area contributed by atoms with Crippen LogP contribution in [0.1, 0.15) is 32.8 Å². The predicted molar refractivity (Wildman–Crippen MR) is 134 cm³/mol. The Bertz CT molecular complexity index is 1150. The zero-order valence-corrected chi connectivity index (χ0v) is 20.4. The maximum atomic E-state index is 12.4. The van der Waals surface area contributed by atoms with Gasteiger partial charge in [0, 0.05) is 36.8 Å². The highest BCUT2D eigenvalue weighted by Crippen LogP contribution is 2.21. The SMILES string of the molecule is CCOc1ccc(-c2n[nH]c(=S)n2CCC(=O)NCc2ccc(NC(=O)NC(C)C)cc2)cc1. The first-order valence-corrected chi connectivity index (χ1v) is 11.6. The molecule has 2 aromatic carbocycles. The van der Waals surface area contributed by atoms with Gasteiger partial charge < -0.3 is 20.7 Å². The maximum Gasteiger partial charge on any atom is 0.319 e. The van der Waals surface area contributed by atoms with Gasteiger partial charge >= 0.3 is 6.03 Å². The Labute approximate surface area is 203 Å². The summed E-state index contributed by atoms with van der Waals surface area (Å²) in [6.45, 7) is 7.12. The molecule has 0 bridgehead atoms. The Hall–Kier alpha value is -3.66. The molecule has 10 heteroatoms. The van der Waals surface area contributed by atoms with E-state index < -0.39 is 0 Å². The van der Waals surface area contributed by atoms with Crippen molar-refractivity contribution in [1.82, 2.24) is 25.4 Å². The first-order valence-electron chi connectivity index (χ1n) is 11.2. The molecule has 1 aromatic heterocycles. The molecule has 0 saturated heterocycles. The van der Waals surface area contributed by atoms with Crippen LogP contribution in [0.2, 0.25) is 0 Å². The van der Waals surface area contributed by atoms with Crippen LogP contribution in [0.25, 0.3) is 11.4 Å². The number of H-pyrrole nitrogens is 1. The van der Waals surface area contributed by atoms with Crippen LogP contribution in [0.3, 0.4) is 0 Å². The fraction of sp³-hybridized carbons (Fsp3) is 0.333. The van der Waals surface area contributed by atoms with Gasteiger partial charge in [0.25, 0.3) is 0 Å². The Morgan fingerprint density at radius 2 is 1.82 bits per heavy atom.